The van der Waals surface area contributed by atoms with Crippen LogP contribution in [-0.4, -0.2) is 18.6 Å². The van der Waals surface area contributed by atoms with E-state index in [0.717, 1.165) is 11.6 Å². The van der Waals surface area contributed by atoms with Gasteiger partial charge in [0.05, 0.1) is 0 Å². The summed E-state index contributed by atoms with van der Waals surface area (Å²) in [6.45, 7) is 3.26. The summed E-state index contributed by atoms with van der Waals surface area (Å²) in [5, 5.41) is 4.33. The molecule has 0 fully saturated rings. The second-order valence-corrected chi connectivity index (χ2v) is 5.35. The molecule has 0 bridgehead atoms. The molecule has 0 amide bonds. The molecule has 0 unspecified atom stereocenters. The maximum Gasteiger partial charge on any atom is 0.0409 e. The van der Waals surface area contributed by atoms with Crippen LogP contribution in [0.4, 0.5) is 0 Å². The summed E-state index contributed by atoms with van der Waals surface area (Å²) in [5.74, 6) is 1.26. The van der Waals surface area contributed by atoms with Crippen LogP contribution in [0, 0.1) is 0 Å². The summed E-state index contributed by atoms with van der Waals surface area (Å²) in [6.07, 6.45) is 4.68. The molecule has 1 aromatic rings. The van der Waals surface area contributed by atoms with Gasteiger partial charge in [-0.1, -0.05) is 23.7 Å². The second kappa shape index (κ2) is 7.99. The number of nitrogens with one attached hydrogen (secondary N) is 1. The minimum absolute atomic E-state index is 0.382. The molecule has 0 heterocycles. The zero-order valence-corrected chi connectivity index (χ0v) is 11.6. The van der Waals surface area contributed by atoms with Gasteiger partial charge in [0.2, 0.25) is 0 Å². The highest BCUT2D eigenvalue weighted by Crippen LogP contribution is 2.17. The minimum Gasteiger partial charge on any atom is -0.310 e. The Bertz CT molecular complexity index is 304. The van der Waals surface area contributed by atoms with Crippen molar-refractivity contribution in [2.75, 3.05) is 18.6 Å². The Balaban J connectivity index is 2.27. The van der Waals surface area contributed by atoms with E-state index in [-0.39, 0.29) is 0 Å². The summed E-state index contributed by atoms with van der Waals surface area (Å²) >= 11 is 7.87. The Morgan fingerprint density at radius 3 is 2.88 bits per heavy atom. The number of hydrogen-bond acceptors (Lipinski definition) is 2. The number of unbranched alkanes of at least 4 members (excludes halogenated alkanes) is 1. The molecular weight excluding hydrogens is 238 g/mol. The molecule has 1 aromatic carbocycles. The minimum atomic E-state index is 0.382. The molecule has 0 radical (unpaired) electrons. The van der Waals surface area contributed by atoms with E-state index < -0.39 is 0 Å². The van der Waals surface area contributed by atoms with E-state index in [1.54, 1.807) is 0 Å². The van der Waals surface area contributed by atoms with Crippen molar-refractivity contribution in [2.24, 2.45) is 0 Å². The van der Waals surface area contributed by atoms with Crippen molar-refractivity contribution in [3.63, 3.8) is 0 Å². The normalized spacial score (nSPS) is 12.7. The van der Waals surface area contributed by atoms with Gasteiger partial charge < -0.3 is 5.32 Å². The quantitative estimate of drug-likeness (QED) is 0.737. The predicted molar refractivity (Wildman–Crippen MR) is 75.5 cm³/mol. The molecule has 0 aliphatic carbocycles. The van der Waals surface area contributed by atoms with E-state index in [1.165, 1.54) is 24.2 Å². The van der Waals surface area contributed by atoms with E-state index in [1.807, 2.05) is 30.0 Å². The van der Waals surface area contributed by atoms with Crippen molar-refractivity contribution in [1.82, 2.24) is 5.32 Å². The van der Waals surface area contributed by atoms with Gasteiger partial charge in [0.1, 0.15) is 0 Å². The van der Waals surface area contributed by atoms with Crippen LogP contribution in [0.15, 0.2) is 24.3 Å². The van der Waals surface area contributed by atoms with Crippen molar-refractivity contribution < 1.29 is 0 Å². The van der Waals surface area contributed by atoms with E-state index >= 15 is 0 Å². The lowest BCUT2D eigenvalue weighted by atomic mass is 10.1. The first-order chi connectivity index (χ1) is 7.74. The summed E-state index contributed by atoms with van der Waals surface area (Å²) in [4.78, 5) is 0. The van der Waals surface area contributed by atoms with Crippen molar-refractivity contribution in [3.05, 3.63) is 34.9 Å². The summed E-state index contributed by atoms with van der Waals surface area (Å²) in [5.41, 5.74) is 1.26. The monoisotopic (exact) mass is 257 g/mol. The van der Waals surface area contributed by atoms with Gasteiger partial charge in [-0.05, 0) is 56.0 Å². The first-order valence-electron chi connectivity index (χ1n) is 5.72. The molecule has 1 atom stereocenters. The Hall–Kier alpha value is -0.180. The maximum atomic E-state index is 5.96. The molecule has 1 nitrogen and oxygen atoms in total. The molecule has 0 aliphatic rings. The van der Waals surface area contributed by atoms with Crippen LogP contribution in [-0.2, 0) is 0 Å². The van der Waals surface area contributed by atoms with E-state index in [0.29, 0.717) is 6.04 Å². The van der Waals surface area contributed by atoms with E-state index in [2.05, 4.69) is 24.6 Å². The van der Waals surface area contributed by atoms with Crippen molar-refractivity contribution in [1.29, 1.82) is 0 Å². The molecular formula is C13H20ClNS. The SMILES string of the molecule is CSCCCCN[C@H](C)c1cccc(Cl)c1. The average molecular weight is 258 g/mol. The fourth-order valence-corrected chi connectivity index (χ4v) is 2.28. The molecule has 90 valence electrons. The molecule has 0 saturated carbocycles. The van der Waals surface area contributed by atoms with Crippen molar-refractivity contribution in [2.45, 2.75) is 25.8 Å². The predicted octanol–water partition coefficient (Wildman–Crippen LogP) is 4.13. The molecule has 0 aliphatic heterocycles. The van der Waals surface area contributed by atoms with Crippen LogP contribution < -0.4 is 5.32 Å². The van der Waals surface area contributed by atoms with Gasteiger partial charge in [0, 0.05) is 11.1 Å². The van der Waals surface area contributed by atoms with Crippen molar-refractivity contribution >= 4 is 23.4 Å². The largest absolute Gasteiger partial charge is 0.310 e. The third-order valence-corrected chi connectivity index (χ3v) is 3.51. The fraction of sp³-hybridized carbons (Fsp3) is 0.538. The number of benzene rings is 1. The standard InChI is InChI=1S/C13H20ClNS/c1-11(15-8-3-4-9-16-2)12-6-5-7-13(14)10-12/h5-7,10-11,15H,3-4,8-9H2,1-2H3/t11-/m1/s1. The fourth-order valence-electron chi connectivity index (χ4n) is 1.58. The van der Waals surface area contributed by atoms with Crippen LogP contribution in [0.3, 0.4) is 0 Å². The first-order valence-corrected chi connectivity index (χ1v) is 7.49. The number of halogens is 1. The van der Waals surface area contributed by atoms with E-state index in [9.17, 15) is 0 Å². The molecule has 1 N–H and O–H groups in total. The van der Waals surface area contributed by atoms with Crippen LogP contribution in [0.5, 0.6) is 0 Å². The average Bonchev–Trinajstić information content (AvgIpc) is 2.28. The van der Waals surface area contributed by atoms with Gasteiger partial charge in [-0.3, -0.25) is 0 Å². The lowest BCUT2D eigenvalue weighted by Gasteiger charge is -2.14. The molecule has 16 heavy (non-hydrogen) atoms. The smallest absolute Gasteiger partial charge is 0.0409 e. The van der Waals surface area contributed by atoms with Gasteiger partial charge >= 0.3 is 0 Å². The maximum absolute atomic E-state index is 5.96. The molecule has 3 heteroatoms. The topological polar surface area (TPSA) is 12.0 Å². The highest BCUT2D eigenvalue weighted by molar-refractivity contribution is 7.98. The third-order valence-electron chi connectivity index (χ3n) is 2.57. The van der Waals surface area contributed by atoms with E-state index in [4.69, 9.17) is 11.6 Å². The van der Waals surface area contributed by atoms with Crippen LogP contribution in [0.2, 0.25) is 5.02 Å². The highest BCUT2D eigenvalue weighted by Gasteiger charge is 2.03. The summed E-state index contributed by atoms with van der Waals surface area (Å²) < 4.78 is 0. The molecule has 0 aromatic heterocycles. The first kappa shape index (κ1) is 13.9. The zero-order chi connectivity index (χ0) is 11.8. The molecule has 0 spiro atoms. The lowest BCUT2D eigenvalue weighted by molar-refractivity contribution is 0.556. The second-order valence-electron chi connectivity index (χ2n) is 3.93. The van der Waals surface area contributed by atoms with Gasteiger partial charge in [-0.2, -0.15) is 11.8 Å². The Morgan fingerprint density at radius 1 is 1.38 bits per heavy atom. The Kier molecular flexibility index (Phi) is 6.93. The number of rotatable bonds is 7. The van der Waals surface area contributed by atoms with Gasteiger partial charge in [0.15, 0.2) is 0 Å². The van der Waals surface area contributed by atoms with Gasteiger partial charge in [0.25, 0.3) is 0 Å². The summed E-state index contributed by atoms with van der Waals surface area (Å²) in [6, 6.07) is 8.44. The Labute approximate surface area is 108 Å². The molecule has 0 saturated heterocycles. The van der Waals surface area contributed by atoms with Crippen LogP contribution in [0.1, 0.15) is 31.4 Å². The van der Waals surface area contributed by atoms with Crippen LogP contribution >= 0.6 is 23.4 Å². The van der Waals surface area contributed by atoms with Gasteiger partial charge in [-0.15, -0.1) is 0 Å². The zero-order valence-electron chi connectivity index (χ0n) is 10.0. The van der Waals surface area contributed by atoms with Gasteiger partial charge in [-0.25, -0.2) is 0 Å². The highest BCUT2D eigenvalue weighted by atomic mass is 35.5. The third kappa shape index (κ3) is 5.24. The lowest BCUT2D eigenvalue weighted by Crippen LogP contribution is -2.19. The molecule has 1 rings (SSSR count). The summed E-state index contributed by atoms with van der Waals surface area (Å²) in [7, 11) is 0. The Morgan fingerprint density at radius 2 is 2.19 bits per heavy atom. The van der Waals surface area contributed by atoms with Crippen molar-refractivity contribution in [3.8, 4) is 0 Å². The van der Waals surface area contributed by atoms with Crippen LogP contribution in [0.25, 0.3) is 0 Å². The number of thioether (sulfide) groups is 1. The number of hydrogen-bond donors (Lipinski definition) is 1.